The van der Waals surface area contributed by atoms with Gasteiger partial charge in [0, 0.05) is 54.6 Å². The van der Waals surface area contributed by atoms with Crippen LogP contribution >= 0.6 is 0 Å². The number of carboxylic acid groups (broad SMARTS) is 1. The number of aryl methyl sites for hydroxylation is 2. The number of likely N-dealkylation sites (N-methyl/N-ethyl adjacent to an activating group) is 2. The largest absolute Gasteiger partial charge is 0.478 e. The molecule has 2 aliphatic heterocycles. The number of aromatic carboxylic acids is 1. The lowest BCUT2D eigenvalue weighted by Gasteiger charge is -2.22. The number of carbonyl (C=O) groups excluding carboxylic acids is 1. The molecule has 0 bridgehead atoms. The summed E-state index contributed by atoms with van der Waals surface area (Å²) in [6.07, 6.45) is 2.31. The molecule has 0 saturated carbocycles. The number of carbonyl (C=O) groups is 2. The van der Waals surface area contributed by atoms with Crippen molar-refractivity contribution in [3.05, 3.63) is 131 Å². The first-order valence-electron chi connectivity index (χ1n) is 19.2. The molecule has 9 nitrogen and oxygen atoms in total. The van der Waals surface area contributed by atoms with Crippen LogP contribution < -0.4 is 5.32 Å². The number of aromatic nitrogens is 2. The summed E-state index contributed by atoms with van der Waals surface area (Å²) in [5, 5.41) is 14.4. The minimum absolute atomic E-state index is 0.112. The van der Waals surface area contributed by atoms with Crippen molar-refractivity contribution in [1.29, 1.82) is 0 Å². The number of nitrogens with zero attached hydrogens (tertiary/aromatic N) is 5. The molecule has 2 saturated heterocycles. The molecular formula is C46H52N6O3. The Morgan fingerprint density at radius 3 is 1.69 bits per heavy atom. The Bertz CT molecular complexity index is 2220. The van der Waals surface area contributed by atoms with Crippen LogP contribution in [0.1, 0.15) is 44.7 Å². The SMILES string of the molecule is CN1CCCNCC1.Cc1ccc2nc(-c3ccccc3)cc(C(=O)N3CCCN(C)CC3)c2c1.Cc1ccc2nc(-c3ccccc3)cc(C(=O)O)c2c1. The van der Waals surface area contributed by atoms with Gasteiger partial charge < -0.3 is 25.1 Å². The van der Waals surface area contributed by atoms with E-state index in [9.17, 15) is 14.7 Å². The van der Waals surface area contributed by atoms with Gasteiger partial charge in [-0.25, -0.2) is 14.8 Å². The first-order chi connectivity index (χ1) is 26.7. The molecule has 4 aromatic carbocycles. The van der Waals surface area contributed by atoms with Gasteiger partial charge >= 0.3 is 5.97 Å². The number of nitrogens with one attached hydrogen (secondary N) is 1. The number of benzene rings is 4. The fraction of sp³-hybridized carbons (Fsp3) is 0.304. The van der Waals surface area contributed by atoms with Crippen LogP contribution in [0.5, 0.6) is 0 Å². The van der Waals surface area contributed by atoms with Gasteiger partial charge in [0.1, 0.15) is 0 Å². The topological polar surface area (TPSA) is 102 Å². The van der Waals surface area contributed by atoms with Gasteiger partial charge in [-0.2, -0.15) is 0 Å². The number of rotatable bonds is 4. The van der Waals surface area contributed by atoms with Crippen molar-refractivity contribution in [2.45, 2.75) is 26.7 Å². The summed E-state index contributed by atoms with van der Waals surface area (Å²) in [5.41, 5.74) is 8.26. The lowest BCUT2D eigenvalue weighted by atomic mass is 10.0. The van der Waals surface area contributed by atoms with Crippen LogP contribution in [0, 0.1) is 13.8 Å². The fourth-order valence-corrected chi connectivity index (χ4v) is 6.95. The Morgan fingerprint density at radius 1 is 0.582 bits per heavy atom. The molecular weight excluding hydrogens is 685 g/mol. The molecule has 2 fully saturated rings. The third-order valence-electron chi connectivity index (χ3n) is 10.1. The maximum Gasteiger partial charge on any atom is 0.336 e. The number of fused-ring (bicyclic) bond motifs is 2. The molecule has 0 radical (unpaired) electrons. The van der Waals surface area contributed by atoms with E-state index >= 15 is 0 Å². The number of hydrogen-bond donors (Lipinski definition) is 2. The molecule has 0 atom stereocenters. The Labute approximate surface area is 324 Å². The summed E-state index contributed by atoms with van der Waals surface area (Å²) in [7, 11) is 4.29. The highest BCUT2D eigenvalue weighted by Crippen LogP contribution is 2.28. The second kappa shape index (κ2) is 18.7. The van der Waals surface area contributed by atoms with Crippen LogP contribution in [0.25, 0.3) is 44.3 Å². The summed E-state index contributed by atoms with van der Waals surface area (Å²) < 4.78 is 0. The Hall–Kier alpha value is -5.48. The van der Waals surface area contributed by atoms with E-state index in [4.69, 9.17) is 4.98 Å². The number of hydrogen-bond acceptors (Lipinski definition) is 7. The standard InChI is InChI=1S/C23H25N3O.C17H13NO2.C6H14N2/c1-17-9-10-21-19(15-17)20(16-22(24-21)18-7-4-3-5-8-18)23(27)26-12-6-11-25(2)13-14-26;1-11-7-8-15-13(9-11)14(17(19)20)10-16(18-15)12-5-3-2-4-6-12;1-8-5-2-3-7-4-6-8/h3-5,7-10,15-16H,6,11-14H2,1-2H3;2-10H,1H3,(H,19,20);7H,2-6H2,1H3. The highest BCUT2D eigenvalue weighted by molar-refractivity contribution is 6.07. The highest BCUT2D eigenvalue weighted by atomic mass is 16.4. The van der Waals surface area contributed by atoms with Crippen molar-refractivity contribution < 1.29 is 14.7 Å². The van der Waals surface area contributed by atoms with Gasteiger partial charge in [-0.3, -0.25) is 4.79 Å². The molecule has 2 aliphatic rings. The zero-order chi connectivity index (χ0) is 38.7. The minimum atomic E-state index is -0.930. The van der Waals surface area contributed by atoms with E-state index in [0.29, 0.717) is 16.6 Å². The maximum absolute atomic E-state index is 13.4. The minimum Gasteiger partial charge on any atom is -0.478 e. The predicted molar refractivity (Wildman–Crippen MR) is 224 cm³/mol. The predicted octanol–water partition coefficient (Wildman–Crippen LogP) is 7.81. The smallest absolute Gasteiger partial charge is 0.336 e. The van der Waals surface area contributed by atoms with Crippen LogP contribution in [0.4, 0.5) is 0 Å². The molecule has 8 rings (SSSR count). The fourth-order valence-electron chi connectivity index (χ4n) is 6.95. The Balaban J connectivity index is 0.000000160. The van der Waals surface area contributed by atoms with Gasteiger partial charge in [0.2, 0.25) is 0 Å². The number of carboxylic acids is 1. The zero-order valence-electron chi connectivity index (χ0n) is 32.5. The second-order valence-corrected chi connectivity index (χ2v) is 14.5. The third-order valence-corrected chi connectivity index (χ3v) is 10.1. The highest BCUT2D eigenvalue weighted by Gasteiger charge is 2.22. The van der Waals surface area contributed by atoms with Crippen molar-refractivity contribution in [1.82, 2.24) is 30.0 Å². The van der Waals surface area contributed by atoms with E-state index in [1.54, 1.807) is 6.07 Å². The van der Waals surface area contributed by atoms with Crippen LogP contribution in [0.3, 0.4) is 0 Å². The van der Waals surface area contributed by atoms with Crippen LogP contribution in [0.2, 0.25) is 0 Å². The van der Waals surface area contributed by atoms with Gasteiger partial charge in [0.15, 0.2) is 0 Å². The summed E-state index contributed by atoms with van der Waals surface area (Å²) in [5.74, 6) is -0.819. The lowest BCUT2D eigenvalue weighted by Crippen LogP contribution is -2.34. The summed E-state index contributed by atoms with van der Waals surface area (Å²) in [6.45, 7) is 12.4. The van der Waals surface area contributed by atoms with Gasteiger partial charge in [0.25, 0.3) is 5.91 Å². The van der Waals surface area contributed by atoms with Gasteiger partial charge in [-0.1, -0.05) is 83.9 Å². The van der Waals surface area contributed by atoms with Gasteiger partial charge in [-0.15, -0.1) is 0 Å². The first-order valence-corrected chi connectivity index (χ1v) is 19.2. The van der Waals surface area contributed by atoms with E-state index in [1.807, 2.05) is 103 Å². The average Bonchev–Trinajstić information content (AvgIpc) is 3.59. The van der Waals surface area contributed by atoms with Crippen molar-refractivity contribution in [3.8, 4) is 22.5 Å². The Morgan fingerprint density at radius 2 is 1.11 bits per heavy atom. The molecule has 9 heteroatoms. The van der Waals surface area contributed by atoms with Crippen molar-refractivity contribution in [3.63, 3.8) is 0 Å². The first kappa shape index (κ1) is 39.2. The average molecular weight is 737 g/mol. The number of amides is 1. The molecule has 2 N–H and O–H groups in total. The van der Waals surface area contributed by atoms with E-state index in [-0.39, 0.29) is 11.5 Å². The lowest BCUT2D eigenvalue weighted by molar-refractivity contribution is 0.0697. The van der Waals surface area contributed by atoms with E-state index < -0.39 is 5.97 Å². The molecule has 55 heavy (non-hydrogen) atoms. The monoisotopic (exact) mass is 736 g/mol. The third kappa shape index (κ3) is 10.4. The second-order valence-electron chi connectivity index (χ2n) is 14.5. The molecule has 2 aromatic heterocycles. The van der Waals surface area contributed by atoms with Crippen LogP contribution in [-0.2, 0) is 0 Å². The molecule has 0 aliphatic carbocycles. The van der Waals surface area contributed by atoms with Crippen molar-refractivity contribution in [2.24, 2.45) is 0 Å². The van der Waals surface area contributed by atoms with Crippen molar-refractivity contribution in [2.75, 3.05) is 66.5 Å². The van der Waals surface area contributed by atoms with Gasteiger partial charge in [-0.05, 0) is 96.8 Å². The number of pyridine rings is 2. The van der Waals surface area contributed by atoms with Crippen molar-refractivity contribution >= 4 is 33.7 Å². The quantitative estimate of drug-likeness (QED) is 0.189. The summed E-state index contributed by atoms with van der Waals surface area (Å²) >= 11 is 0. The summed E-state index contributed by atoms with van der Waals surface area (Å²) in [4.78, 5) is 41.0. The summed E-state index contributed by atoms with van der Waals surface area (Å²) in [6, 6.07) is 35.1. The zero-order valence-corrected chi connectivity index (χ0v) is 32.5. The molecule has 6 aromatic rings. The molecule has 0 unspecified atom stereocenters. The maximum atomic E-state index is 13.4. The van der Waals surface area contributed by atoms with E-state index in [2.05, 4.69) is 53.3 Å². The van der Waals surface area contributed by atoms with E-state index in [0.717, 1.165) is 83.6 Å². The van der Waals surface area contributed by atoms with Crippen LogP contribution in [0.15, 0.2) is 109 Å². The molecule has 1 amide bonds. The van der Waals surface area contributed by atoms with Crippen LogP contribution in [-0.4, -0.2) is 108 Å². The molecule has 0 spiro atoms. The normalized spacial score (nSPS) is 15.2. The Kier molecular flexibility index (Phi) is 13.3. The molecule has 284 valence electrons. The van der Waals surface area contributed by atoms with Gasteiger partial charge in [0.05, 0.1) is 33.5 Å². The molecule has 4 heterocycles. The van der Waals surface area contributed by atoms with E-state index in [1.165, 1.54) is 26.1 Å².